The molecule has 1 amide bonds. The number of rotatable bonds is 9. The van der Waals surface area contributed by atoms with Crippen LogP contribution in [-0.2, 0) is 6.18 Å². The number of fused-ring (bicyclic) bond motifs is 2. The topological polar surface area (TPSA) is 76.6 Å². The Balaban J connectivity index is 0.000000200. The average molecular weight is 731 g/mol. The molecule has 7 rings (SSSR count). The molecule has 0 spiro atoms. The molecule has 0 saturated carbocycles. The number of alkyl halides is 3. The highest BCUT2D eigenvalue weighted by Gasteiger charge is 2.33. The van der Waals surface area contributed by atoms with Crippen LogP contribution in [0, 0.1) is 5.82 Å². The summed E-state index contributed by atoms with van der Waals surface area (Å²) in [4.78, 5) is 23.6. The van der Waals surface area contributed by atoms with Crippen LogP contribution >= 0.6 is 22.7 Å². The van der Waals surface area contributed by atoms with Crippen molar-refractivity contribution in [1.82, 2.24) is 9.97 Å². The van der Waals surface area contributed by atoms with E-state index >= 15 is 0 Å². The number of hydrogen-bond donors (Lipinski definition) is 1. The Bertz CT molecular complexity index is 2190. The van der Waals surface area contributed by atoms with Crippen LogP contribution in [0.5, 0.6) is 11.5 Å². The summed E-state index contributed by atoms with van der Waals surface area (Å²) in [6.45, 7) is 4.95. The summed E-state index contributed by atoms with van der Waals surface area (Å²) in [7, 11) is 0. The van der Waals surface area contributed by atoms with E-state index in [0.717, 1.165) is 32.9 Å². The predicted molar refractivity (Wildman–Crippen MR) is 196 cm³/mol. The van der Waals surface area contributed by atoms with Gasteiger partial charge in [0.2, 0.25) is 0 Å². The van der Waals surface area contributed by atoms with Crippen LogP contribution in [0.3, 0.4) is 0 Å². The quantitative estimate of drug-likeness (QED) is 0.149. The molecular weight excluding hydrogens is 701 g/mol. The molecule has 2 heterocycles. The minimum atomic E-state index is -4.72. The van der Waals surface area contributed by atoms with Gasteiger partial charge < -0.3 is 14.8 Å². The molecule has 51 heavy (non-hydrogen) atoms. The number of halogens is 4. The van der Waals surface area contributed by atoms with Gasteiger partial charge in [0, 0.05) is 5.69 Å². The Morgan fingerprint density at radius 2 is 1.31 bits per heavy atom. The van der Waals surface area contributed by atoms with Gasteiger partial charge in [-0.05, 0) is 105 Å². The SMILES string of the molecule is CCOc1ccc(N(C(=O)c2ccc(C(F)(F)F)cc2F)c2nc3ccccc3s2)cc1.CCOc1ccc(Nc2nc3ccccc3s2)cc1. The summed E-state index contributed by atoms with van der Waals surface area (Å²) in [5, 5.41) is 4.49. The molecule has 13 heteroatoms. The summed E-state index contributed by atoms with van der Waals surface area (Å²) in [5.41, 5.74) is 1.40. The molecule has 0 aliphatic rings. The first-order chi connectivity index (χ1) is 24.6. The first-order valence-electron chi connectivity index (χ1n) is 15.8. The molecule has 0 aliphatic carbocycles. The zero-order valence-electron chi connectivity index (χ0n) is 27.3. The standard InChI is InChI=1S/C23H16F4N2O2S.C15H14N2OS/c1-2-31-16-10-8-15(9-11-16)29(22-28-19-5-3-4-6-20(19)32-22)21(30)17-12-7-14(13-18(17)24)23(25,26)27;1-2-18-12-9-7-11(8-10-12)16-15-17-13-5-3-4-6-14(13)19-15/h3-13H,2H2,1H3;3-10H,2H2,1H3,(H,16,17). The van der Waals surface area contributed by atoms with Crippen molar-refractivity contribution in [3.8, 4) is 11.5 Å². The summed E-state index contributed by atoms with van der Waals surface area (Å²) < 4.78 is 66.2. The van der Waals surface area contributed by atoms with E-state index in [0.29, 0.717) is 42.3 Å². The first-order valence-corrected chi connectivity index (χ1v) is 17.4. The molecule has 7 aromatic rings. The first kappa shape index (κ1) is 35.3. The van der Waals surface area contributed by atoms with Crippen LogP contribution in [0.1, 0.15) is 29.8 Å². The zero-order valence-corrected chi connectivity index (χ0v) is 28.9. The second kappa shape index (κ2) is 15.6. The molecule has 7 nitrogen and oxygen atoms in total. The van der Waals surface area contributed by atoms with E-state index < -0.39 is 29.0 Å². The number of para-hydroxylation sites is 2. The van der Waals surface area contributed by atoms with Crippen molar-refractivity contribution in [2.24, 2.45) is 0 Å². The molecule has 0 bridgehead atoms. The molecule has 0 atom stereocenters. The maximum atomic E-state index is 14.6. The van der Waals surface area contributed by atoms with Crippen molar-refractivity contribution in [2.75, 3.05) is 23.4 Å². The van der Waals surface area contributed by atoms with Gasteiger partial charge >= 0.3 is 6.18 Å². The van der Waals surface area contributed by atoms with Crippen LogP contribution in [-0.4, -0.2) is 29.1 Å². The highest BCUT2D eigenvalue weighted by molar-refractivity contribution is 7.22. The van der Waals surface area contributed by atoms with Crippen LogP contribution in [0.25, 0.3) is 20.4 Å². The molecule has 0 aliphatic heterocycles. The van der Waals surface area contributed by atoms with Crippen molar-refractivity contribution in [2.45, 2.75) is 20.0 Å². The van der Waals surface area contributed by atoms with E-state index in [1.54, 1.807) is 47.7 Å². The van der Waals surface area contributed by atoms with Gasteiger partial charge in [-0.1, -0.05) is 46.9 Å². The Kier molecular flexibility index (Phi) is 10.8. The molecule has 2 aromatic heterocycles. The number of hydrogen-bond acceptors (Lipinski definition) is 8. The molecule has 260 valence electrons. The second-order valence-corrected chi connectivity index (χ2v) is 12.8. The number of nitrogens with one attached hydrogen (secondary N) is 1. The Morgan fingerprint density at radius 1 is 0.745 bits per heavy atom. The number of ether oxygens (including phenoxy) is 2. The summed E-state index contributed by atoms with van der Waals surface area (Å²) in [5.74, 6) is -0.632. The number of anilines is 4. The van der Waals surface area contributed by atoms with Gasteiger partial charge in [-0.25, -0.2) is 14.4 Å². The van der Waals surface area contributed by atoms with Crippen LogP contribution in [0.2, 0.25) is 0 Å². The van der Waals surface area contributed by atoms with Crippen molar-refractivity contribution in [3.05, 3.63) is 132 Å². The number of aromatic nitrogens is 2. The van der Waals surface area contributed by atoms with E-state index in [9.17, 15) is 22.4 Å². The van der Waals surface area contributed by atoms with E-state index in [-0.39, 0.29) is 5.13 Å². The highest BCUT2D eigenvalue weighted by Crippen LogP contribution is 2.37. The van der Waals surface area contributed by atoms with Gasteiger partial charge in [-0.3, -0.25) is 9.69 Å². The van der Waals surface area contributed by atoms with Crippen molar-refractivity contribution in [3.63, 3.8) is 0 Å². The summed E-state index contributed by atoms with van der Waals surface area (Å²) in [6.07, 6.45) is -4.72. The smallest absolute Gasteiger partial charge is 0.416 e. The molecule has 0 saturated heterocycles. The number of carbonyl (C=O) groups is 1. The third-order valence-corrected chi connectivity index (χ3v) is 9.29. The minimum Gasteiger partial charge on any atom is -0.494 e. The number of nitrogens with zero attached hydrogens (tertiary/aromatic N) is 3. The zero-order chi connectivity index (χ0) is 36.0. The molecule has 1 N–H and O–H groups in total. The van der Waals surface area contributed by atoms with E-state index in [1.165, 1.54) is 20.9 Å². The molecule has 0 unspecified atom stereocenters. The van der Waals surface area contributed by atoms with E-state index in [4.69, 9.17) is 9.47 Å². The van der Waals surface area contributed by atoms with Crippen LogP contribution < -0.4 is 19.7 Å². The maximum absolute atomic E-state index is 14.6. The Hall–Kier alpha value is -5.53. The third kappa shape index (κ3) is 8.44. The molecule has 5 aromatic carbocycles. The number of benzene rings is 5. The Morgan fingerprint density at radius 3 is 1.86 bits per heavy atom. The van der Waals surface area contributed by atoms with Crippen molar-refractivity contribution >= 4 is 70.7 Å². The normalized spacial score (nSPS) is 11.2. The van der Waals surface area contributed by atoms with E-state index in [2.05, 4.69) is 21.4 Å². The van der Waals surface area contributed by atoms with Gasteiger partial charge in [0.1, 0.15) is 17.3 Å². The molecule has 0 radical (unpaired) electrons. The van der Waals surface area contributed by atoms with Gasteiger partial charge in [0.25, 0.3) is 5.91 Å². The lowest BCUT2D eigenvalue weighted by Crippen LogP contribution is -2.27. The fraction of sp³-hybridized carbons (Fsp3) is 0.132. The monoisotopic (exact) mass is 730 g/mol. The lowest BCUT2D eigenvalue weighted by Gasteiger charge is -2.21. The maximum Gasteiger partial charge on any atom is 0.416 e. The number of thiazole rings is 2. The highest BCUT2D eigenvalue weighted by atomic mass is 32.1. The van der Waals surface area contributed by atoms with Crippen molar-refractivity contribution in [1.29, 1.82) is 0 Å². The van der Waals surface area contributed by atoms with Gasteiger partial charge in [0.15, 0.2) is 10.3 Å². The Labute approximate surface area is 298 Å². The summed E-state index contributed by atoms with van der Waals surface area (Å²) >= 11 is 2.86. The van der Waals surface area contributed by atoms with E-state index in [1.807, 2.05) is 68.4 Å². The fourth-order valence-electron chi connectivity index (χ4n) is 4.96. The van der Waals surface area contributed by atoms with Gasteiger partial charge in [0.05, 0.1) is 50.5 Å². The largest absolute Gasteiger partial charge is 0.494 e. The van der Waals surface area contributed by atoms with Gasteiger partial charge in [-0.15, -0.1) is 0 Å². The van der Waals surface area contributed by atoms with Crippen LogP contribution in [0.15, 0.2) is 115 Å². The average Bonchev–Trinajstić information content (AvgIpc) is 3.74. The number of carbonyl (C=O) groups excluding carboxylic acids is 1. The molecular formula is C38H30F4N4O3S2. The minimum absolute atomic E-state index is 0.264. The number of amides is 1. The van der Waals surface area contributed by atoms with Crippen molar-refractivity contribution < 1.29 is 31.8 Å². The summed E-state index contributed by atoms with van der Waals surface area (Å²) in [6, 6.07) is 31.6. The molecule has 0 fully saturated rings. The predicted octanol–water partition coefficient (Wildman–Crippen LogP) is 11.3. The second-order valence-electron chi connectivity index (χ2n) is 10.8. The lowest BCUT2D eigenvalue weighted by atomic mass is 10.1. The van der Waals surface area contributed by atoms with Crippen LogP contribution in [0.4, 0.5) is 39.2 Å². The third-order valence-electron chi connectivity index (χ3n) is 7.32. The fourth-order valence-corrected chi connectivity index (χ4v) is 6.84. The lowest BCUT2D eigenvalue weighted by molar-refractivity contribution is -0.137. The van der Waals surface area contributed by atoms with Gasteiger partial charge in [-0.2, -0.15) is 13.2 Å².